The molecule has 0 aliphatic carbocycles. The minimum atomic E-state index is -1.41. The van der Waals surface area contributed by atoms with Crippen molar-refractivity contribution in [2.75, 3.05) is 6.61 Å². The van der Waals surface area contributed by atoms with Gasteiger partial charge in [-0.05, 0) is 0 Å². The molecule has 1 aliphatic rings. The van der Waals surface area contributed by atoms with Crippen molar-refractivity contribution in [3.63, 3.8) is 0 Å². The van der Waals surface area contributed by atoms with Crippen LogP contribution in [0.15, 0.2) is 0 Å². The average Bonchev–Trinajstić information content (AvgIpc) is 2.47. The molecule has 1 heterocycles. The summed E-state index contributed by atoms with van der Waals surface area (Å²) >= 11 is 0. The van der Waals surface area contributed by atoms with E-state index in [1.54, 1.807) is 0 Å². The van der Waals surface area contributed by atoms with Gasteiger partial charge in [0.15, 0.2) is 6.29 Å². The third-order valence-corrected chi connectivity index (χ3v) is 2.89. The van der Waals surface area contributed by atoms with Gasteiger partial charge in [0.25, 0.3) is 0 Å². The lowest BCUT2D eigenvalue weighted by Gasteiger charge is -2.31. The molecule has 0 radical (unpaired) electrons. The normalized spacial score (nSPS) is 25.5. The lowest BCUT2D eigenvalue weighted by atomic mass is 10.0. The molecule has 0 aromatic carbocycles. The van der Waals surface area contributed by atoms with Gasteiger partial charge in [0.1, 0.15) is 18.3 Å². The molecule has 6 N–H and O–H groups in total. The van der Waals surface area contributed by atoms with Gasteiger partial charge in [-0.15, -0.1) is 0 Å². The van der Waals surface area contributed by atoms with Crippen molar-refractivity contribution in [3.8, 4) is 0 Å². The third-order valence-electron chi connectivity index (χ3n) is 2.89. The number of esters is 2. The van der Waals surface area contributed by atoms with E-state index in [1.807, 2.05) is 0 Å². The number of ether oxygens (including phenoxy) is 2. The second-order valence-electron chi connectivity index (χ2n) is 5.08. The van der Waals surface area contributed by atoms with Crippen molar-refractivity contribution in [2.24, 2.45) is 5.92 Å². The van der Waals surface area contributed by atoms with Crippen LogP contribution in [0.3, 0.4) is 0 Å². The average molecular weight is 368 g/mol. The molecule has 0 amide bonds. The summed E-state index contributed by atoms with van der Waals surface area (Å²) in [5, 5.41) is 52.0. The molecule has 1 saturated heterocycles. The van der Waals surface area contributed by atoms with Crippen LogP contribution in [0.4, 0.5) is 0 Å². The molecule has 0 spiro atoms. The van der Waals surface area contributed by atoms with Crippen LogP contribution in [-0.2, 0) is 28.7 Å². The quantitative estimate of drug-likeness (QED) is 0.213. The van der Waals surface area contributed by atoms with Crippen molar-refractivity contribution in [3.05, 3.63) is 0 Å². The summed E-state index contributed by atoms with van der Waals surface area (Å²) in [5.41, 5.74) is 0. The first-order chi connectivity index (χ1) is 11.5. The van der Waals surface area contributed by atoms with E-state index < -0.39 is 67.2 Å². The fourth-order valence-electron chi connectivity index (χ4n) is 1.68. The number of hydrogen-bond acceptors (Lipinski definition) is 10. The van der Waals surface area contributed by atoms with Gasteiger partial charge in [0.05, 0.1) is 25.4 Å². The van der Waals surface area contributed by atoms with Crippen molar-refractivity contribution in [1.82, 2.24) is 0 Å². The highest BCUT2D eigenvalue weighted by Crippen LogP contribution is 2.13. The topological polar surface area (TPSA) is 208 Å². The van der Waals surface area contributed by atoms with Crippen LogP contribution < -0.4 is 0 Å². The number of carbonyl (C=O) groups is 4. The van der Waals surface area contributed by atoms with Gasteiger partial charge in [0.2, 0.25) is 0 Å². The Labute approximate surface area is 141 Å². The highest BCUT2D eigenvalue weighted by atomic mass is 16.6. The lowest BCUT2D eigenvalue weighted by molar-refractivity contribution is -0.252. The molecule has 4 atom stereocenters. The fourth-order valence-corrected chi connectivity index (χ4v) is 1.68. The number of carbonyl (C=O) groups excluding carboxylic acids is 2. The minimum absolute atomic E-state index is 0.153. The molecule has 144 valence electrons. The van der Waals surface area contributed by atoms with Crippen LogP contribution in [0.5, 0.6) is 0 Å². The Kier molecular flexibility index (Phi) is 9.78. The van der Waals surface area contributed by atoms with E-state index in [-0.39, 0.29) is 6.61 Å². The van der Waals surface area contributed by atoms with E-state index in [9.17, 15) is 19.2 Å². The number of carboxylic acids is 2. The highest BCUT2D eigenvalue weighted by Gasteiger charge is 2.36. The molecular formula is C13H20O12. The summed E-state index contributed by atoms with van der Waals surface area (Å²) in [5.74, 6) is -6.04. The first-order valence-electron chi connectivity index (χ1n) is 6.95. The first-order valence-corrected chi connectivity index (χ1v) is 6.95. The van der Waals surface area contributed by atoms with E-state index in [0.29, 0.717) is 0 Å². The molecule has 0 bridgehead atoms. The van der Waals surface area contributed by atoms with Crippen LogP contribution >= 0.6 is 0 Å². The largest absolute Gasteiger partial charge is 0.481 e. The Morgan fingerprint density at radius 3 is 1.84 bits per heavy atom. The molecule has 0 aromatic rings. The van der Waals surface area contributed by atoms with Crippen LogP contribution in [-0.4, -0.2) is 85.7 Å². The predicted octanol–water partition coefficient (Wildman–Crippen LogP) is -2.94. The van der Waals surface area contributed by atoms with Crippen molar-refractivity contribution >= 4 is 23.9 Å². The standard InChI is InChI=1S/C8H10O7.C5H10O5/c1-4(9)15-8(14)5(2-6(10)11)3-7(12)13;6-2-1-10-5(9)4(8)3(2)7/h5H,2-3H2,1H3,(H,10,11)(H,12,13);2-9H,1H2/t;2-,3-,4-,5-/m.1/s1. The molecule has 12 nitrogen and oxygen atoms in total. The fraction of sp³-hybridized carbons (Fsp3) is 0.692. The van der Waals surface area contributed by atoms with Crippen molar-refractivity contribution in [2.45, 2.75) is 44.4 Å². The molecule has 1 fully saturated rings. The zero-order valence-corrected chi connectivity index (χ0v) is 13.1. The van der Waals surface area contributed by atoms with Gasteiger partial charge < -0.3 is 40.1 Å². The predicted molar refractivity (Wildman–Crippen MR) is 74.7 cm³/mol. The zero-order valence-electron chi connectivity index (χ0n) is 13.1. The maximum Gasteiger partial charge on any atom is 0.317 e. The number of rotatable bonds is 5. The van der Waals surface area contributed by atoms with E-state index >= 15 is 0 Å². The van der Waals surface area contributed by atoms with Gasteiger partial charge in [-0.3, -0.25) is 19.2 Å². The molecule has 25 heavy (non-hydrogen) atoms. The first kappa shape index (κ1) is 22.9. The van der Waals surface area contributed by atoms with Crippen LogP contribution in [0, 0.1) is 5.92 Å². The monoisotopic (exact) mass is 368 g/mol. The van der Waals surface area contributed by atoms with Crippen LogP contribution in [0.25, 0.3) is 0 Å². The SMILES string of the molecule is CC(=O)OC(=O)C(CC(=O)O)CC(=O)O.O[C@@H]1[C@H](O)[C@H](O)CO[C@H]1O. The van der Waals surface area contributed by atoms with Crippen LogP contribution in [0.2, 0.25) is 0 Å². The molecule has 1 aliphatic heterocycles. The molecule has 0 aromatic heterocycles. The Bertz CT molecular complexity index is 459. The van der Waals surface area contributed by atoms with Gasteiger partial charge in [0, 0.05) is 6.92 Å². The summed E-state index contributed by atoms with van der Waals surface area (Å²) in [6.07, 6.45) is -6.60. The summed E-state index contributed by atoms with van der Waals surface area (Å²) in [6.45, 7) is 0.815. The number of aliphatic hydroxyl groups is 4. The van der Waals surface area contributed by atoms with Gasteiger partial charge in [-0.2, -0.15) is 0 Å². The minimum Gasteiger partial charge on any atom is -0.481 e. The van der Waals surface area contributed by atoms with Gasteiger partial charge in [-0.25, -0.2) is 0 Å². The molecular weight excluding hydrogens is 348 g/mol. The van der Waals surface area contributed by atoms with E-state index in [0.717, 1.165) is 6.92 Å². The summed E-state index contributed by atoms with van der Waals surface area (Å²) < 4.78 is 8.58. The second-order valence-corrected chi connectivity index (χ2v) is 5.08. The van der Waals surface area contributed by atoms with Gasteiger partial charge >= 0.3 is 23.9 Å². The number of aliphatic carboxylic acids is 2. The Morgan fingerprint density at radius 1 is 1.00 bits per heavy atom. The summed E-state index contributed by atoms with van der Waals surface area (Å²) in [4.78, 5) is 42.0. The van der Waals surface area contributed by atoms with Crippen molar-refractivity contribution < 1.29 is 59.3 Å². The third kappa shape index (κ3) is 9.07. The summed E-state index contributed by atoms with van der Waals surface area (Å²) in [6, 6.07) is 0. The molecule has 12 heteroatoms. The lowest BCUT2D eigenvalue weighted by Crippen LogP contribution is -2.52. The number of aliphatic hydroxyl groups excluding tert-OH is 4. The van der Waals surface area contributed by atoms with Gasteiger partial charge in [-0.1, -0.05) is 0 Å². The second kappa shape index (κ2) is 10.7. The Morgan fingerprint density at radius 2 is 1.48 bits per heavy atom. The molecule has 0 unspecified atom stereocenters. The van der Waals surface area contributed by atoms with E-state index in [2.05, 4.69) is 9.47 Å². The van der Waals surface area contributed by atoms with E-state index in [1.165, 1.54) is 0 Å². The maximum atomic E-state index is 11.1. The Hall–Kier alpha value is -2.12. The van der Waals surface area contributed by atoms with Crippen LogP contribution in [0.1, 0.15) is 19.8 Å². The van der Waals surface area contributed by atoms with Crippen molar-refractivity contribution in [1.29, 1.82) is 0 Å². The molecule has 1 rings (SSSR count). The molecule has 0 saturated carbocycles. The maximum absolute atomic E-state index is 11.1. The Balaban J connectivity index is 0.000000496. The highest BCUT2D eigenvalue weighted by molar-refractivity contribution is 5.89. The van der Waals surface area contributed by atoms with E-state index in [4.69, 9.17) is 30.6 Å². The zero-order chi connectivity index (χ0) is 19.7. The summed E-state index contributed by atoms with van der Waals surface area (Å²) in [7, 11) is 0. The number of hydrogen-bond donors (Lipinski definition) is 6. The number of carboxylic acid groups (broad SMARTS) is 2. The smallest absolute Gasteiger partial charge is 0.317 e.